The number of amides is 2. The molecule has 5 nitrogen and oxygen atoms in total. The second-order valence-corrected chi connectivity index (χ2v) is 6.00. The predicted molar refractivity (Wildman–Crippen MR) is 95.0 cm³/mol. The van der Waals surface area contributed by atoms with Crippen molar-refractivity contribution in [1.82, 2.24) is 4.90 Å². The highest BCUT2D eigenvalue weighted by molar-refractivity contribution is 6.42. The van der Waals surface area contributed by atoms with Crippen LogP contribution in [0.1, 0.15) is 10.4 Å². The highest BCUT2D eigenvalue weighted by Crippen LogP contribution is 2.25. The van der Waals surface area contributed by atoms with E-state index in [-0.39, 0.29) is 12.1 Å². The van der Waals surface area contributed by atoms with E-state index in [1.165, 1.54) is 32.4 Å². The van der Waals surface area contributed by atoms with Crippen molar-refractivity contribution in [1.29, 1.82) is 0 Å². The number of likely N-dealkylation sites (N-methyl/N-ethyl adjacent to an activating group) is 1. The van der Waals surface area contributed by atoms with Gasteiger partial charge in [-0.15, -0.1) is 0 Å². The van der Waals surface area contributed by atoms with Gasteiger partial charge < -0.3 is 15.0 Å². The van der Waals surface area contributed by atoms with Crippen LogP contribution >= 0.6 is 23.2 Å². The van der Waals surface area contributed by atoms with Gasteiger partial charge in [-0.3, -0.25) is 9.59 Å². The molecule has 2 rings (SSSR count). The van der Waals surface area contributed by atoms with Gasteiger partial charge in [0.25, 0.3) is 5.91 Å². The first kappa shape index (κ1) is 19.0. The molecule has 2 aromatic rings. The van der Waals surface area contributed by atoms with Gasteiger partial charge in [-0.25, -0.2) is 4.39 Å². The second-order valence-electron chi connectivity index (χ2n) is 5.18. The molecule has 0 spiro atoms. The minimum atomic E-state index is -0.721. The molecular weight excluding hydrogens is 370 g/mol. The lowest BCUT2D eigenvalue weighted by atomic mass is 10.1. The van der Waals surface area contributed by atoms with E-state index < -0.39 is 17.6 Å². The Morgan fingerprint density at radius 2 is 1.88 bits per heavy atom. The molecule has 0 aliphatic carbocycles. The molecular formula is C17H15Cl2FN2O3. The van der Waals surface area contributed by atoms with Crippen LogP contribution in [0, 0.1) is 5.82 Å². The molecule has 25 heavy (non-hydrogen) atoms. The molecule has 2 amide bonds. The zero-order valence-electron chi connectivity index (χ0n) is 13.5. The van der Waals surface area contributed by atoms with Crippen molar-refractivity contribution in [2.24, 2.45) is 0 Å². The third-order valence-corrected chi connectivity index (χ3v) is 4.08. The Labute approximate surface area is 154 Å². The van der Waals surface area contributed by atoms with E-state index in [0.29, 0.717) is 21.5 Å². The molecule has 0 saturated carbocycles. The van der Waals surface area contributed by atoms with Crippen molar-refractivity contribution in [3.05, 3.63) is 57.8 Å². The highest BCUT2D eigenvalue weighted by atomic mass is 35.5. The molecule has 0 heterocycles. The number of nitrogens with zero attached hydrogens (tertiary/aromatic N) is 1. The Kier molecular flexibility index (Phi) is 6.22. The number of carbonyl (C=O) groups is 2. The van der Waals surface area contributed by atoms with Crippen molar-refractivity contribution in [3.63, 3.8) is 0 Å². The van der Waals surface area contributed by atoms with E-state index >= 15 is 0 Å². The number of rotatable bonds is 5. The maximum atomic E-state index is 14.0. The molecule has 0 aromatic heterocycles. The number of carbonyl (C=O) groups excluding carboxylic acids is 2. The monoisotopic (exact) mass is 384 g/mol. The number of ether oxygens (including phenoxy) is 1. The molecule has 0 aliphatic heterocycles. The normalized spacial score (nSPS) is 10.3. The van der Waals surface area contributed by atoms with E-state index in [1.54, 1.807) is 12.1 Å². The molecule has 0 aliphatic rings. The van der Waals surface area contributed by atoms with Crippen molar-refractivity contribution >= 4 is 40.7 Å². The van der Waals surface area contributed by atoms with E-state index in [1.807, 2.05) is 0 Å². The molecule has 0 radical (unpaired) electrons. The van der Waals surface area contributed by atoms with Crippen molar-refractivity contribution in [3.8, 4) is 5.75 Å². The fraction of sp³-hybridized carbons (Fsp3) is 0.176. The van der Waals surface area contributed by atoms with Crippen LogP contribution in [0.4, 0.5) is 10.1 Å². The van der Waals surface area contributed by atoms with Crippen molar-refractivity contribution in [2.75, 3.05) is 26.0 Å². The van der Waals surface area contributed by atoms with Gasteiger partial charge >= 0.3 is 0 Å². The summed E-state index contributed by atoms with van der Waals surface area (Å²) in [5.41, 5.74) is 0.293. The van der Waals surface area contributed by atoms with Gasteiger partial charge in [0.05, 0.1) is 29.3 Å². The van der Waals surface area contributed by atoms with E-state index in [9.17, 15) is 14.0 Å². The number of methoxy groups -OCH3 is 1. The molecule has 0 fully saturated rings. The van der Waals surface area contributed by atoms with Gasteiger partial charge in [0, 0.05) is 18.8 Å². The molecule has 8 heteroatoms. The number of halogens is 3. The van der Waals surface area contributed by atoms with Gasteiger partial charge in [-0.1, -0.05) is 23.2 Å². The van der Waals surface area contributed by atoms with Gasteiger partial charge in [0.1, 0.15) is 11.6 Å². The van der Waals surface area contributed by atoms with E-state index in [2.05, 4.69) is 5.32 Å². The lowest BCUT2D eigenvalue weighted by Gasteiger charge is -2.17. The maximum Gasteiger partial charge on any atom is 0.257 e. The average Bonchev–Trinajstić information content (AvgIpc) is 2.57. The maximum absolute atomic E-state index is 14.0. The summed E-state index contributed by atoms with van der Waals surface area (Å²) >= 11 is 11.7. The second kappa shape index (κ2) is 8.18. The Morgan fingerprint density at radius 3 is 2.48 bits per heavy atom. The number of hydrogen-bond donors (Lipinski definition) is 1. The summed E-state index contributed by atoms with van der Waals surface area (Å²) in [5, 5.41) is 3.25. The zero-order valence-corrected chi connectivity index (χ0v) is 15.0. The number of benzene rings is 2. The van der Waals surface area contributed by atoms with Gasteiger partial charge in [-0.05, 0) is 30.3 Å². The van der Waals surface area contributed by atoms with Crippen LogP contribution in [0.2, 0.25) is 10.0 Å². The molecule has 1 N–H and O–H groups in total. The molecule has 0 bridgehead atoms. The highest BCUT2D eigenvalue weighted by Gasteiger charge is 2.19. The summed E-state index contributed by atoms with van der Waals surface area (Å²) in [6, 6.07) is 8.51. The SMILES string of the molecule is COc1ccc(C(=O)N(C)CC(=O)Nc2ccc(Cl)c(Cl)c2)c(F)c1. The van der Waals surface area contributed by atoms with Gasteiger partial charge in [0.15, 0.2) is 0 Å². The van der Waals surface area contributed by atoms with Crippen molar-refractivity contribution in [2.45, 2.75) is 0 Å². The molecule has 0 saturated heterocycles. The summed E-state index contributed by atoms with van der Waals surface area (Å²) < 4.78 is 18.8. The zero-order chi connectivity index (χ0) is 18.6. The van der Waals surface area contributed by atoms with Gasteiger partial charge in [-0.2, -0.15) is 0 Å². The fourth-order valence-corrected chi connectivity index (χ4v) is 2.36. The lowest BCUT2D eigenvalue weighted by molar-refractivity contribution is -0.116. The first-order valence-electron chi connectivity index (χ1n) is 7.15. The smallest absolute Gasteiger partial charge is 0.257 e. The third kappa shape index (κ3) is 4.84. The summed E-state index contributed by atoms with van der Waals surface area (Å²) in [6.45, 7) is -0.259. The molecule has 0 atom stereocenters. The first-order valence-corrected chi connectivity index (χ1v) is 7.91. The fourth-order valence-electron chi connectivity index (χ4n) is 2.06. The third-order valence-electron chi connectivity index (χ3n) is 3.34. The van der Waals surface area contributed by atoms with Crippen LogP contribution in [0.25, 0.3) is 0 Å². The topological polar surface area (TPSA) is 58.6 Å². The summed E-state index contributed by atoms with van der Waals surface area (Å²) in [6.07, 6.45) is 0. The van der Waals surface area contributed by atoms with Gasteiger partial charge in [0.2, 0.25) is 5.91 Å². The number of anilines is 1. The average molecular weight is 385 g/mol. The van der Waals surface area contributed by atoms with E-state index in [0.717, 1.165) is 11.0 Å². The first-order chi connectivity index (χ1) is 11.8. The minimum Gasteiger partial charge on any atom is -0.497 e. The standard InChI is InChI=1S/C17H15Cl2FN2O3/c1-22(17(24)12-5-4-11(25-2)8-15(12)20)9-16(23)21-10-3-6-13(18)14(19)7-10/h3-8H,9H2,1-2H3,(H,21,23). The number of hydrogen-bond acceptors (Lipinski definition) is 3. The molecule has 0 unspecified atom stereocenters. The van der Waals surface area contributed by atoms with Crippen LogP contribution in [0.3, 0.4) is 0 Å². The van der Waals surface area contributed by atoms with Crippen LogP contribution in [0.15, 0.2) is 36.4 Å². The van der Waals surface area contributed by atoms with E-state index in [4.69, 9.17) is 27.9 Å². The summed E-state index contributed by atoms with van der Waals surface area (Å²) in [4.78, 5) is 25.4. The summed E-state index contributed by atoms with van der Waals surface area (Å²) in [7, 11) is 2.80. The Bertz CT molecular complexity index is 814. The molecule has 132 valence electrons. The Balaban J connectivity index is 2.02. The summed E-state index contributed by atoms with van der Waals surface area (Å²) in [5.74, 6) is -1.50. The molecule has 2 aromatic carbocycles. The Morgan fingerprint density at radius 1 is 1.16 bits per heavy atom. The predicted octanol–water partition coefficient (Wildman–Crippen LogP) is 3.85. The Hall–Kier alpha value is -2.31. The minimum absolute atomic E-state index is 0.148. The van der Waals surface area contributed by atoms with Crippen LogP contribution in [-0.2, 0) is 4.79 Å². The van der Waals surface area contributed by atoms with Crippen LogP contribution in [-0.4, -0.2) is 37.4 Å². The largest absolute Gasteiger partial charge is 0.497 e. The van der Waals surface area contributed by atoms with Crippen LogP contribution in [0.5, 0.6) is 5.75 Å². The van der Waals surface area contributed by atoms with Crippen LogP contribution < -0.4 is 10.1 Å². The number of nitrogens with one attached hydrogen (secondary N) is 1. The van der Waals surface area contributed by atoms with Crippen molar-refractivity contribution < 1.29 is 18.7 Å². The quantitative estimate of drug-likeness (QED) is 0.851. The lowest BCUT2D eigenvalue weighted by Crippen LogP contribution is -2.35.